The number of nitrogens with two attached hydrogens (primary N) is 1. The molecule has 7 heteroatoms. The van der Waals surface area contributed by atoms with Crippen LogP contribution in [0.25, 0.3) is 0 Å². The summed E-state index contributed by atoms with van der Waals surface area (Å²) >= 11 is 6.00. The number of nitrogens with one attached hydrogen (secondary N) is 2. The van der Waals surface area contributed by atoms with E-state index in [-0.39, 0.29) is 36.2 Å². The van der Waals surface area contributed by atoms with Crippen LogP contribution < -0.4 is 16.4 Å². The van der Waals surface area contributed by atoms with E-state index in [1.807, 2.05) is 0 Å². The third-order valence-corrected chi connectivity index (χ3v) is 5.94. The molecule has 1 aromatic carbocycles. The van der Waals surface area contributed by atoms with Gasteiger partial charge in [-0.1, -0.05) is 30.2 Å². The Labute approximate surface area is 165 Å². The number of benzene rings is 1. The van der Waals surface area contributed by atoms with Crippen molar-refractivity contribution in [3.05, 3.63) is 34.9 Å². The van der Waals surface area contributed by atoms with Crippen molar-refractivity contribution in [3.63, 3.8) is 0 Å². The fraction of sp³-hybridized carbons (Fsp3) is 0.579. The largest absolute Gasteiger partial charge is 0.354 e. The SMILES string of the molecule is Cl.NC1C2CCCC1CC(C(=O)NCCNC(=O)c1ccccc1Cl)C2. The van der Waals surface area contributed by atoms with E-state index in [0.29, 0.717) is 35.5 Å². The molecule has 0 aliphatic heterocycles. The predicted octanol–water partition coefficient (Wildman–Crippen LogP) is 2.76. The first kappa shape index (κ1) is 21.0. The average Bonchev–Trinajstić information content (AvgIpc) is 2.58. The van der Waals surface area contributed by atoms with Gasteiger partial charge in [-0.05, 0) is 49.7 Å². The Kier molecular flexibility index (Phi) is 7.74. The summed E-state index contributed by atoms with van der Waals surface area (Å²) in [5.74, 6) is 0.912. The molecule has 2 saturated carbocycles. The van der Waals surface area contributed by atoms with Crippen LogP contribution in [0.4, 0.5) is 0 Å². The minimum atomic E-state index is -0.224. The van der Waals surface area contributed by atoms with Crippen LogP contribution in [-0.2, 0) is 4.79 Å². The van der Waals surface area contributed by atoms with Crippen LogP contribution in [-0.4, -0.2) is 30.9 Å². The molecule has 2 atom stereocenters. The molecule has 0 saturated heterocycles. The molecule has 4 N–H and O–H groups in total. The van der Waals surface area contributed by atoms with Crippen LogP contribution in [0.1, 0.15) is 42.5 Å². The molecule has 0 radical (unpaired) electrons. The van der Waals surface area contributed by atoms with Gasteiger partial charge in [-0.2, -0.15) is 0 Å². The highest BCUT2D eigenvalue weighted by molar-refractivity contribution is 6.33. The second-order valence-corrected chi connectivity index (χ2v) is 7.63. The molecule has 1 aromatic rings. The molecule has 0 aromatic heterocycles. The second-order valence-electron chi connectivity index (χ2n) is 7.22. The predicted molar refractivity (Wildman–Crippen MR) is 106 cm³/mol. The lowest BCUT2D eigenvalue weighted by atomic mass is 9.65. The Balaban J connectivity index is 0.00000243. The number of carbonyl (C=O) groups is 2. The maximum atomic E-state index is 12.4. The van der Waals surface area contributed by atoms with Gasteiger partial charge in [0.15, 0.2) is 0 Å². The molecular formula is C19H27Cl2N3O2. The van der Waals surface area contributed by atoms with Gasteiger partial charge in [-0.3, -0.25) is 9.59 Å². The highest BCUT2D eigenvalue weighted by Crippen LogP contribution is 2.41. The number of hydrogen-bond donors (Lipinski definition) is 3. The molecule has 2 aliphatic rings. The lowest BCUT2D eigenvalue weighted by molar-refractivity contribution is -0.127. The van der Waals surface area contributed by atoms with Crippen molar-refractivity contribution in [2.45, 2.75) is 38.1 Å². The minimum Gasteiger partial charge on any atom is -0.354 e. The van der Waals surface area contributed by atoms with E-state index < -0.39 is 0 Å². The number of rotatable bonds is 5. The van der Waals surface area contributed by atoms with Gasteiger partial charge in [-0.25, -0.2) is 0 Å². The number of carbonyl (C=O) groups excluding carboxylic acids is 2. The van der Waals surface area contributed by atoms with Gasteiger partial charge in [-0.15, -0.1) is 12.4 Å². The molecule has 26 heavy (non-hydrogen) atoms. The smallest absolute Gasteiger partial charge is 0.252 e. The Bertz CT molecular complexity index is 627. The van der Waals surface area contributed by atoms with Crippen LogP contribution >= 0.6 is 24.0 Å². The molecule has 0 heterocycles. The quantitative estimate of drug-likeness (QED) is 0.665. The fourth-order valence-electron chi connectivity index (χ4n) is 4.25. The second kappa shape index (κ2) is 9.58. The summed E-state index contributed by atoms with van der Waals surface area (Å²) in [4.78, 5) is 24.5. The highest BCUT2D eigenvalue weighted by atomic mass is 35.5. The zero-order valence-electron chi connectivity index (χ0n) is 14.7. The van der Waals surface area contributed by atoms with Crippen molar-refractivity contribution in [1.29, 1.82) is 0 Å². The standard InChI is InChI=1S/C19H26ClN3O2.ClH/c20-16-7-2-1-6-15(16)19(25)23-9-8-22-18(24)14-10-12-4-3-5-13(11-14)17(12)21;/h1-2,6-7,12-14,17H,3-5,8-11,21H2,(H,22,24)(H,23,25);1H. The highest BCUT2D eigenvalue weighted by Gasteiger charge is 2.40. The van der Waals surface area contributed by atoms with E-state index in [1.165, 1.54) is 6.42 Å². The number of amides is 2. The number of halogens is 2. The van der Waals surface area contributed by atoms with Crippen LogP contribution in [0.15, 0.2) is 24.3 Å². The first-order valence-corrected chi connectivity index (χ1v) is 9.50. The molecule has 5 nitrogen and oxygen atoms in total. The number of hydrogen-bond acceptors (Lipinski definition) is 3. The summed E-state index contributed by atoms with van der Waals surface area (Å²) in [7, 11) is 0. The van der Waals surface area contributed by atoms with Crippen molar-refractivity contribution in [2.75, 3.05) is 13.1 Å². The Morgan fingerprint density at radius 1 is 1.08 bits per heavy atom. The summed E-state index contributed by atoms with van der Waals surface area (Å²) in [5.41, 5.74) is 6.73. The topological polar surface area (TPSA) is 84.2 Å². The minimum absolute atomic E-state index is 0. The third-order valence-electron chi connectivity index (χ3n) is 5.61. The molecule has 2 bridgehead atoms. The lowest BCUT2D eigenvalue weighted by Gasteiger charge is -2.43. The monoisotopic (exact) mass is 399 g/mol. The Morgan fingerprint density at radius 2 is 1.69 bits per heavy atom. The van der Waals surface area contributed by atoms with E-state index in [9.17, 15) is 9.59 Å². The van der Waals surface area contributed by atoms with Crippen LogP contribution in [0.3, 0.4) is 0 Å². The summed E-state index contributed by atoms with van der Waals surface area (Å²) in [6.45, 7) is 0.807. The van der Waals surface area contributed by atoms with Gasteiger partial charge < -0.3 is 16.4 Å². The normalized spacial score (nSPS) is 27.2. The van der Waals surface area contributed by atoms with Crippen molar-refractivity contribution in [1.82, 2.24) is 10.6 Å². The Morgan fingerprint density at radius 3 is 2.35 bits per heavy atom. The molecule has 2 unspecified atom stereocenters. The maximum absolute atomic E-state index is 12.4. The van der Waals surface area contributed by atoms with E-state index in [1.54, 1.807) is 24.3 Å². The summed E-state index contributed by atoms with van der Waals surface area (Å²) in [5, 5.41) is 6.16. The van der Waals surface area contributed by atoms with E-state index in [0.717, 1.165) is 25.7 Å². The molecule has 3 rings (SSSR count). The molecule has 2 fully saturated rings. The Hall–Kier alpha value is -1.30. The average molecular weight is 400 g/mol. The third kappa shape index (κ3) is 4.90. The molecular weight excluding hydrogens is 373 g/mol. The van der Waals surface area contributed by atoms with Crippen LogP contribution in [0, 0.1) is 17.8 Å². The number of fused-ring (bicyclic) bond motifs is 2. The zero-order chi connectivity index (χ0) is 17.8. The first-order chi connectivity index (χ1) is 12.1. The summed E-state index contributed by atoms with van der Waals surface area (Å²) in [6, 6.07) is 7.19. The van der Waals surface area contributed by atoms with Crippen molar-refractivity contribution >= 4 is 35.8 Å². The molecule has 2 amide bonds. The summed E-state index contributed by atoms with van der Waals surface area (Å²) < 4.78 is 0. The van der Waals surface area contributed by atoms with Gasteiger partial charge in [0, 0.05) is 25.0 Å². The van der Waals surface area contributed by atoms with E-state index in [4.69, 9.17) is 17.3 Å². The van der Waals surface area contributed by atoms with Gasteiger partial charge in [0.2, 0.25) is 5.91 Å². The molecule has 2 aliphatic carbocycles. The maximum Gasteiger partial charge on any atom is 0.252 e. The molecule has 144 valence electrons. The first-order valence-electron chi connectivity index (χ1n) is 9.12. The fourth-order valence-corrected chi connectivity index (χ4v) is 4.47. The van der Waals surface area contributed by atoms with Crippen molar-refractivity contribution in [3.8, 4) is 0 Å². The van der Waals surface area contributed by atoms with Crippen molar-refractivity contribution in [2.24, 2.45) is 23.5 Å². The van der Waals surface area contributed by atoms with E-state index >= 15 is 0 Å². The van der Waals surface area contributed by atoms with E-state index in [2.05, 4.69) is 10.6 Å². The van der Waals surface area contributed by atoms with Crippen LogP contribution in [0.5, 0.6) is 0 Å². The zero-order valence-corrected chi connectivity index (χ0v) is 16.3. The van der Waals surface area contributed by atoms with Gasteiger partial charge in [0.05, 0.1) is 10.6 Å². The van der Waals surface area contributed by atoms with Crippen LogP contribution in [0.2, 0.25) is 5.02 Å². The van der Waals surface area contributed by atoms with Gasteiger partial charge in [0.1, 0.15) is 0 Å². The molecule has 0 spiro atoms. The summed E-state index contributed by atoms with van der Waals surface area (Å²) in [6.07, 6.45) is 5.33. The lowest BCUT2D eigenvalue weighted by Crippen LogP contribution is -2.49. The van der Waals surface area contributed by atoms with Crippen molar-refractivity contribution < 1.29 is 9.59 Å². The van der Waals surface area contributed by atoms with Gasteiger partial charge >= 0.3 is 0 Å². The van der Waals surface area contributed by atoms with Gasteiger partial charge in [0.25, 0.3) is 5.91 Å².